The van der Waals surface area contributed by atoms with Gasteiger partial charge in [-0.05, 0) is 30.4 Å². The summed E-state index contributed by atoms with van der Waals surface area (Å²) < 4.78 is 40.1. The molecule has 0 atom stereocenters. The van der Waals surface area contributed by atoms with Crippen molar-refractivity contribution in [3.8, 4) is 0 Å². The van der Waals surface area contributed by atoms with E-state index in [0.717, 1.165) is 18.2 Å². The maximum atomic E-state index is 12.8. The minimum absolute atomic E-state index is 0.0109. The van der Waals surface area contributed by atoms with E-state index < -0.39 is 11.7 Å². The van der Waals surface area contributed by atoms with E-state index in [1.54, 1.807) is 10.6 Å². The van der Waals surface area contributed by atoms with Crippen LogP contribution in [0, 0.1) is 0 Å². The summed E-state index contributed by atoms with van der Waals surface area (Å²) in [5, 5.41) is 8.64. The molecule has 0 spiro atoms. The quantitative estimate of drug-likeness (QED) is 0.342. The number of anilines is 1. The van der Waals surface area contributed by atoms with Gasteiger partial charge in [0.25, 0.3) is 0 Å². The summed E-state index contributed by atoms with van der Waals surface area (Å²) in [5.41, 5.74) is 2.19. The Morgan fingerprint density at radius 3 is 2.85 bits per heavy atom. The van der Waals surface area contributed by atoms with E-state index in [2.05, 4.69) is 20.8 Å². The Kier molecular flexibility index (Phi) is 5.37. The monoisotopic (exact) mass is 437 g/mol. The Labute approximate surface area is 164 Å². The molecule has 2 aromatic heterocycles. The van der Waals surface area contributed by atoms with E-state index in [0.29, 0.717) is 10.7 Å². The number of thiocarbonyl (C=S) groups is 1. The molecule has 0 radical (unpaired) electrons. The van der Waals surface area contributed by atoms with Gasteiger partial charge in [0.2, 0.25) is 0 Å². The Bertz CT molecular complexity index is 996. The highest BCUT2D eigenvalue weighted by molar-refractivity contribution is 7.80. The lowest BCUT2D eigenvalue weighted by atomic mass is 10.2. The van der Waals surface area contributed by atoms with Crippen LogP contribution in [0.2, 0.25) is 10.2 Å². The fourth-order valence-electron chi connectivity index (χ4n) is 1.99. The summed E-state index contributed by atoms with van der Waals surface area (Å²) in [6.45, 7) is 0. The number of nitrogens with zero attached hydrogens (tertiary/aromatic N) is 3. The van der Waals surface area contributed by atoms with Crippen molar-refractivity contribution in [2.45, 2.75) is 6.18 Å². The second-order valence-corrected chi connectivity index (χ2v) is 6.91. The number of rotatable bonds is 3. The molecule has 136 valence electrons. The van der Waals surface area contributed by atoms with Crippen LogP contribution in [0.25, 0.3) is 4.96 Å². The number of hydrogen-bond donors (Lipinski definition) is 2. The van der Waals surface area contributed by atoms with Crippen LogP contribution in [0.3, 0.4) is 0 Å². The Morgan fingerprint density at radius 1 is 1.35 bits per heavy atom. The van der Waals surface area contributed by atoms with Crippen molar-refractivity contribution in [3.05, 3.63) is 51.2 Å². The highest BCUT2D eigenvalue weighted by Crippen LogP contribution is 2.33. The smallest absolute Gasteiger partial charge is 0.330 e. The topological polar surface area (TPSA) is 53.7 Å². The van der Waals surface area contributed by atoms with Crippen LogP contribution in [0.1, 0.15) is 11.3 Å². The number of hydrogen-bond acceptors (Lipinski definition) is 4. The third kappa shape index (κ3) is 4.09. The number of benzene rings is 1. The van der Waals surface area contributed by atoms with Gasteiger partial charge in [0, 0.05) is 11.6 Å². The first-order valence-electron chi connectivity index (χ1n) is 6.83. The first-order valence-corrected chi connectivity index (χ1v) is 8.88. The fraction of sp³-hybridized carbons (Fsp3) is 0.0714. The normalized spacial score (nSPS) is 12.0. The van der Waals surface area contributed by atoms with E-state index in [9.17, 15) is 13.2 Å². The number of nitrogens with one attached hydrogen (secondary N) is 2. The van der Waals surface area contributed by atoms with Gasteiger partial charge in [-0.25, -0.2) is 4.98 Å². The molecule has 0 aliphatic carbocycles. The maximum Gasteiger partial charge on any atom is 0.416 e. The van der Waals surface area contributed by atoms with Gasteiger partial charge in [-0.15, -0.1) is 11.3 Å². The van der Waals surface area contributed by atoms with Crippen molar-refractivity contribution in [1.82, 2.24) is 14.8 Å². The van der Waals surface area contributed by atoms with Crippen molar-refractivity contribution >= 4 is 68.7 Å². The maximum absolute atomic E-state index is 12.8. The molecule has 0 aliphatic rings. The largest absolute Gasteiger partial charge is 0.416 e. The van der Waals surface area contributed by atoms with Crippen LogP contribution in [-0.2, 0) is 6.18 Å². The third-order valence-electron chi connectivity index (χ3n) is 3.15. The van der Waals surface area contributed by atoms with E-state index in [-0.39, 0.29) is 21.0 Å². The molecule has 12 heteroatoms. The zero-order valence-corrected chi connectivity index (χ0v) is 15.7. The van der Waals surface area contributed by atoms with Crippen molar-refractivity contribution in [2.75, 3.05) is 5.32 Å². The summed E-state index contributed by atoms with van der Waals surface area (Å²) in [4.78, 5) is 4.84. The number of thiazole rings is 1. The highest BCUT2D eigenvalue weighted by Gasteiger charge is 2.31. The lowest BCUT2D eigenvalue weighted by molar-refractivity contribution is -0.137. The average Bonchev–Trinajstić information content (AvgIpc) is 3.10. The van der Waals surface area contributed by atoms with Gasteiger partial charge in [0.05, 0.1) is 22.5 Å². The van der Waals surface area contributed by atoms with Gasteiger partial charge < -0.3 is 5.32 Å². The molecule has 0 saturated heterocycles. The van der Waals surface area contributed by atoms with Crippen LogP contribution in [0.5, 0.6) is 0 Å². The minimum Gasteiger partial charge on any atom is -0.330 e. The van der Waals surface area contributed by atoms with E-state index >= 15 is 0 Å². The Morgan fingerprint density at radius 2 is 2.12 bits per heavy atom. The van der Waals surface area contributed by atoms with Crippen LogP contribution >= 0.6 is 46.8 Å². The Balaban J connectivity index is 1.70. The molecule has 0 unspecified atom stereocenters. The number of aromatic nitrogens is 2. The summed E-state index contributed by atoms with van der Waals surface area (Å²) in [6.07, 6.45) is -1.31. The number of fused-ring (bicyclic) bond motifs is 1. The molecular weight excluding hydrogens is 430 g/mol. The average molecular weight is 438 g/mol. The molecule has 0 bridgehead atoms. The lowest BCUT2D eigenvalue weighted by Crippen LogP contribution is -2.24. The van der Waals surface area contributed by atoms with Crippen LogP contribution in [-0.4, -0.2) is 20.7 Å². The molecule has 1 aromatic carbocycles. The van der Waals surface area contributed by atoms with Crippen molar-refractivity contribution in [2.24, 2.45) is 5.10 Å². The SMILES string of the molecule is FC(F)(F)c1ccc(Cl)c(NC(=S)N/N=C/c2c(Cl)nc3sccn23)c1. The second kappa shape index (κ2) is 7.39. The van der Waals surface area contributed by atoms with E-state index in [4.69, 9.17) is 35.4 Å². The number of alkyl halides is 3. The molecule has 2 N–H and O–H groups in total. The van der Waals surface area contributed by atoms with Crippen LogP contribution in [0.15, 0.2) is 34.9 Å². The van der Waals surface area contributed by atoms with E-state index in [1.165, 1.54) is 17.6 Å². The predicted molar refractivity (Wildman–Crippen MR) is 101 cm³/mol. The minimum atomic E-state index is -4.49. The van der Waals surface area contributed by atoms with Crippen LogP contribution in [0.4, 0.5) is 18.9 Å². The standard InChI is InChI=1S/C14H8Cl2F3N5S2/c15-8-2-1-7(14(17,18)19)5-9(8)21-12(25)23-20-6-10-11(16)22-13-24(10)3-4-26-13/h1-6H,(H2,21,23,25)/b20-6+. The summed E-state index contributed by atoms with van der Waals surface area (Å²) in [6, 6.07) is 2.89. The van der Waals surface area contributed by atoms with Gasteiger partial charge in [0.15, 0.2) is 15.2 Å². The van der Waals surface area contributed by atoms with Gasteiger partial charge in [-0.2, -0.15) is 18.3 Å². The molecule has 0 fully saturated rings. The van der Waals surface area contributed by atoms with Crippen molar-refractivity contribution in [1.29, 1.82) is 0 Å². The summed E-state index contributed by atoms with van der Waals surface area (Å²) in [7, 11) is 0. The Hall–Kier alpha value is -1.88. The molecular formula is C14H8Cl2F3N5S2. The molecule has 3 rings (SSSR count). The second-order valence-electron chi connectivity index (χ2n) is 4.86. The van der Waals surface area contributed by atoms with E-state index in [1.807, 2.05) is 5.38 Å². The zero-order chi connectivity index (χ0) is 18.9. The molecule has 3 aromatic rings. The van der Waals surface area contributed by atoms with Gasteiger partial charge in [-0.3, -0.25) is 9.83 Å². The molecule has 5 nitrogen and oxygen atoms in total. The number of halogens is 5. The van der Waals surface area contributed by atoms with Gasteiger partial charge in [0.1, 0.15) is 5.69 Å². The lowest BCUT2D eigenvalue weighted by Gasteiger charge is -2.12. The van der Waals surface area contributed by atoms with Crippen LogP contribution < -0.4 is 10.7 Å². The van der Waals surface area contributed by atoms with Gasteiger partial charge >= 0.3 is 6.18 Å². The number of imidazole rings is 1. The third-order valence-corrected chi connectivity index (χ3v) is 4.71. The predicted octanol–water partition coefficient (Wildman–Crippen LogP) is 5.04. The molecule has 0 saturated carbocycles. The first kappa shape index (κ1) is 18.9. The fourth-order valence-corrected chi connectivity index (χ4v) is 3.31. The van der Waals surface area contributed by atoms with Crippen molar-refractivity contribution < 1.29 is 13.2 Å². The molecule has 2 heterocycles. The summed E-state index contributed by atoms with van der Waals surface area (Å²) in [5.74, 6) is 0. The molecule has 0 aliphatic heterocycles. The number of hydrazone groups is 1. The summed E-state index contributed by atoms with van der Waals surface area (Å²) >= 11 is 18.3. The molecule has 0 amide bonds. The zero-order valence-electron chi connectivity index (χ0n) is 12.5. The highest BCUT2D eigenvalue weighted by atomic mass is 35.5. The van der Waals surface area contributed by atoms with Crippen molar-refractivity contribution in [3.63, 3.8) is 0 Å². The van der Waals surface area contributed by atoms with Gasteiger partial charge in [-0.1, -0.05) is 23.2 Å². The molecule has 26 heavy (non-hydrogen) atoms. The first-order chi connectivity index (χ1) is 12.3.